The molecule has 45 heavy (non-hydrogen) atoms. The van der Waals surface area contributed by atoms with E-state index in [9.17, 15) is 18.0 Å². The highest BCUT2D eigenvalue weighted by Crippen LogP contribution is 2.35. The molecule has 0 aliphatic carbocycles. The molecule has 0 heterocycles. The van der Waals surface area contributed by atoms with E-state index < -0.39 is 28.5 Å². The maximum Gasteiger partial charge on any atom is 0.264 e. The molecule has 0 spiro atoms. The number of amides is 2. The van der Waals surface area contributed by atoms with Crippen LogP contribution < -0.4 is 9.62 Å². The van der Waals surface area contributed by atoms with Gasteiger partial charge in [0, 0.05) is 19.0 Å². The first-order valence-electron chi connectivity index (χ1n) is 14.7. The van der Waals surface area contributed by atoms with E-state index in [0.717, 1.165) is 21.0 Å². The molecule has 0 fully saturated rings. The van der Waals surface area contributed by atoms with Gasteiger partial charge in [-0.15, -0.1) is 0 Å². The zero-order valence-corrected chi connectivity index (χ0v) is 27.8. The largest absolute Gasteiger partial charge is 0.352 e. The van der Waals surface area contributed by atoms with Crippen LogP contribution in [0.3, 0.4) is 0 Å². The molecule has 0 aliphatic rings. The van der Waals surface area contributed by atoms with E-state index in [0.29, 0.717) is 6.42 Å². The Morgan fingerprint density at radius 2 is 1.47 bits per heavy atom. The van der Waals surface area contributed by atoms with Crippen LogP contribution in [0.5, 0.6) is 0 Å². The quantitative estimate of drug-likeness (QED) is 0.166. The van der Waals surface area contributed by atoms with E-state index in [1.165, 1.54) is 23.1 Å². The number of carbonyl (C=O) groups excluding carboxylic acids is 2. The Labute approximate surface area is 275 Å². The lowest BCUT2D eigenvalue weighted by Gasteiger charge is -2.34. The minimum atomic E-state index is -4.29. The molecule has 0 unspecified atom stereocenters. The molecule has 4 rings (SSSR count). The molecule has 0 bridgehead atoms. The highest BCUT2D eigenvalue weighted by Gasteiger charge is 2.35. The average molecular weight is 667 g/mol. The van der Waals surface area contributed by atoms with Gasteiger partial charge >= 0.3 is 0 Å². The van der Waals surface area contributed by atoms with Crippen molar-refractivity contribution in [3.8, 4) is 0 Å². The second-order valence-electron chi connectivity index (χ2n) is 10.9. The van der Waals surface area contributed by atoms with Crippen LogP contribution in [0.15, 0.2) is 108 Å². The van der Waals surface area contributed by atoms with Crippen LogP contribution in [0.25, 0.3) is 0 Å². The predicted octanol–water partition coefficient (Wildman–Crippen LogP) is 7.05. The molecule has 7 nitrogen and oxygen atoms in total. The fourth-order valence-electron chi connectivity index (χ4n) is 4.92. The first-order valence-corrected chi connectivity index (χ1v) is 16.9. The molecule has 0 saturated heterocycles. The van der Waals surface area contributed by atoms with Crippen LogP contribution >= 0.6 is 23.2 Å². The van der Waals surface area contributed by atoms with Crippen LogP contribution in [0.4, 0.5) is 5.69 Å². The van der Waals surface area contributed by atoms with Crippen molar-refractivity contribution in [1.29, 1.82) is 0 Å². The van der Waals surface area contributed by atoms with Crippen LogP contribution in [0.1, 0.15) is 37.0 Å². The Morgan fingerprint density at radius 1 is 0.844 bits per heavy atom. The minimum Gasteiger partial charge on any atom is -0.352 e. The molecule has 236 valence electrons. The third kappa shape index (κ3) is 8.66. The van der Waals surface area contributed by atoms with E-state index in [4.69, 9.17) is 23.2 Å². The summed E-state index contributed by atoms with van der Waals surface area (Å²) in [5.41, 5.74) is 2.70. The van der Waals surface area contributed by atoms with E-state index in [1.54, 1.807) is 30.3 Å². The van der Waals surface area contributed by atoms with Gasteiger partial charge < -0.3 is 10.2 Å². The molecule has 2 amide bonds. The lowest BCUT2D eigenvalue weighted by Crippen LogP contribution is -2.54. The normalized spacial score (nSPS) is 12.6. The van der Waals surface area contributed by atoms with Crippen molar-refractivity contribution in [3.63, 3.8) is 0 Å². The topological polar surface area (TPSA) is 86.8 Å². The van der Waals surface area contributed by atoms with Crippen molar-refractivity contribution in [2.75, 3.05) is 10.8 Å². The standard InChI is InChI=1S/C35H37Cl2N3O4S/c1-4-26(3)38-35(42)32(22-27-14-7-5-8-15-27)39(23-28-16-11-13-25(2)21-28)33(41)24-40(31-20-12-19-30(36)34(31)37)45(43,44)29-17-9-6-10-18-29/h5-21,26,32H,4,22-24H2,1-3H3,(H,38,42)/t26-,32-/m0/s1. The molecule has 0 radical (unpaired) electrons. The van der Waals surface area contributed by atoms with Gasteiger partial charge in [0.2, 0.25) is 11.8 Å². The first-order chi connectivity index (χ1) is 21.5. The van der Waals surface area contributed by atoms with Gasteiger partial charge in [0.15, 0.2) is 0 Å². The zero-order chi connectivity index (χ0) is 32.6. The fraction of sp³-hybridized carbons (Fsp3) is 0.257. The summed E-state index contributed by atoms with van der Waals surface area (Å²) in [6, 6.07) is 28.5. The van der Waals surface area contributed by atoms with Crippen molar-refractivity contribution in [1.82, 2.24) is 10.2 Å². The minimum absolute atomic E-state index is 0.00736. The molecule has 4 aromatic carbocycles. The zero-order valence-electron chi connectivity index (χ0n) is 25.5. The molecule has 1 N–H and O–H groups in total. The fourth-order valence-corrected chi connectivity index (χ4v) is 6.82. The lowest BCUT2D eigenvalue weighted by molar-refractivity contribution is -0.140. The number of hydrogen-bond acceptors (Lipinski definition) is 4. The summed E-state index contributed by atoms with van der Waals surface area (Å²) < 4.78 is 29.2. The number of benzene rings is 4. The molecule has 0 saturated carbocycles. The number of anilines is 1. The number of sulfonamides is 1. The number of carbonyl (C=O) groups is 2. The second kappa shape index (κ2) is 15.4. The van der Waals surface area contributed by atoms with Gasteiger partial charge in [0.1, 0.15) is 12.6 Å². The number of nitrogens with zero attached hydrogens (tertiary/aromatic N) is 2. The summed E-state index contributed by atoms with van der Waals surface area (Å²) in [6.45, 7) is 5.27. The number of hydrogen-bond donors (Lipinski definition) is 1. The van der Waals surface area contributed by atoms with E-state index in [-0.39, 0.29) is 45.5 Å². The lowest BCUT2D eigenvalue weighted by atomic mass is 10.0. The van der Waals surface area contributed by atoms with Crippen molar-refractivity contribution in [2.45, 2.75) is 57.1 Å². The molecule has 4 aromatic rings. The summed E-state index contributed by atoms with van der Waals surface area (Å²) in [5, 5.41) is 3.17. The van der Waals surface area contributed by atoms with Crippen LogP contribution in [0.2, 0.25) is 10.0 Å². The summed E-state index contributed by atoms with van der Waals surface area (Å²) in [4.78, 5) is 29.9. The van der Waals surface area contributed by atoms with Crippen LogP contribution in [-0.2, 0) is 32.6 Å². The molecule has 2 atom stereocenters. The highest BCUT2D eigenvalue weighted by atomic mass is 35.5. The summed E-state index contributed by atoms with van der Waals surface area (Å²) in [6.07, 6.45) is 0.927. The number of rotatable bonds is 13. The van der Waals surface area contributed by atoms with E-state index >= 15 is 0 Å². The van der Waals surface area contributed by atoms with Gasteiger partial charge in [-0.3, -0.25) is 13.9 Å². The Kier molecular flexibility index (Phi) is 11.7. The van der Waals surface area contributed by atoms with Gasteiger partial charge in [-0.1, -0.05) is 115 Å². The van der Waals surface area contributed by atoms with Crippen LogP contribution in [-0.4, -0.2) is 43.8 Å². The highest BCUT2D eigenvalue weighted by molar-refractivity contribution is 7.92. The number of halogens is 2. The van der Waals surface area contributed by atoms with E-state index in [2.05, 4.69) is 5.32 Å². The number of nitrogens with one attached hydrogen (secondary N) is 1. The van der Waals surface area contributed by atoms with Crippen molar-refractivity contribution < 1.29 is 18.0 Å². The Morgan fingerprint density at radius 3 is 2.11 bits per heavy atom. The number of aryl methyl sites for hydroxylation is 1. The van der Waals surface area contributed by atoms with Gasteiger partial charge in [-0.05, 0) is 55.7 Å². The maximum absolute atomic E-state index is 14.5. The molecular weight excluding hydrogens is 629 g/mol. The van der Waals surface area contributed by atoms with Crippen LogP contribution in [0, 0.1) is 6.92 Å². The Bertz CT molecular complexity index is 1720. The van der Waals surface area contributed by atoms with Gasteiger partial charge in [0.05, 0.1) is 20.6 Å². The van der Waals surface area contributed by atoms with Crippen molar-refractivity contribution >= 4 is 50.7 Å². The summed E-state index contributed by atoms with van der Waals surface area (Å²) in [7, 11) is -4.29. The van der Waals surface area contributed by atoms with Crippen molar-refractivity contribution in [2.24, 2.45) is 0 Å². The predicted molar refractivity (Wildman–Crippen MR) is 181 cm³/mol. The molecular formula is C35H37Cl2N3O4S. The molecule has 0 aromatic heterocycles. The monoisotopic (exact) mass is 665 g/mol. The second-order valence-corrected chi connectivity index (χ2v) is 13.6. The molecule has 0 aliphatic heterocycles. The third-order valence-corrected chi connectivity index (χ3v) is 10.1. The summed E-state index contributed by atoms with van der Waals surface area (Å²) in [5.74, 6) is -0.903. The Hall–Kier alpha value is -3.85. The Balaban J connectivity index is 1.83. The van der Waals surface area contributed by atoms with Gasteiger partial charge in [0.25, 0.3) is 10.0 Å². The maximum atomic E-state index is 14.5. The molecule has 10 heteroatoms. The van der Waals surface area contributed by atoms with E-state index in [1.807, 2.05) is 75.4 Å². The first kappa shape index (κ1) is 34.0. The third-order valence-electron chi connectivity index (χ3n) is 7.52. The SMILES string of the molecule is CC[C@H](C)NC(=O)[C@H](Cc1ccccc1)N(Cc1cccc(C)c1)C(=O)CN(c1cccc(Cl)c1Cl)S(=O)(=O)c1ccccc1. The average Bonchev–Trinajstić information content (AvgIpc) is 3.03. The van der Waals surface area contributed by atoms with Gasteiger partial charge in [-0.2, -0.15) is 0 Å². The smallest absolute Gasteiger partial charge is 0.264 e. The van der Waals surface area contributed by atoms with Gasteiger partial charge in [-0.25, -0.2) is 8.42 Å². The summed E-state index contributed by atoms with van der Waals surface area (Å²) >= 11 is 12.9. The van der Waals surface area contributed by atoms with Crippen molar-refractivity contribution in [3.05, 3.63) is 130 Å².